The van der Waals surface area contributed by atoms with E-state index in [0.717, 1.165) is 57.6 Å². The maximum absolute atomic E-state index is 13.0. The average molecular weight is 497 g/mol. The summed E-state index contributed by atoms with van der Waals surface area (Å²) < 4.78 is 11.0. The summed E-state index contributed by atoms with van der Waals surface area (Å²) in [6.45, 7) is 3.48. The number of benzene rings is 2. The molecule has 2 aromatic carbocycles. The van der Waals surface area contributed by atoms with E-state index in [-0.39, 0.29) is 18.1 Å². The van der Waals surface area contributed by atoms with Gasteiger partial charge in [0.2, 0.25) is 0 Å². The van der Waals surface area contributed by atoms with E-state index in [1.54, 1.807) is 30.3 Å². The fraction of sp³-hybridized carbons (Fsp3) is 0.429. The topological polar surface area (TPSA) is 67.9 Å². The normalized spacial score (nSPS) is 18.6. The number of ether oxygens (including phenoxy) is 2. The number of nitrogens with one attached hydrogen (secondary N) is 1. The van der Waals surface area contributed by atoms with E-state index in [4.69, 9.17) is 21.1 Å². The molecule has 1 aliphatic carbocycles. The van der Waals surface area contributed by atoms with Crippen LogP contribution in [0.3, 0.4) is 0 Å². The second-order valence-electron chi connectivity index (χ2n) is 9.21. The Kier molecular flexibility index (Phi) is 8.96. The maximum Gasteiger partial charge on any atom is 0.339 e. The lowest BCUT2D eigenvalue weighted by Crippen LogP contribution is -2.59. The number of carbonyl (C=O) groups is 2. The highest BCUT2D eigenvalue weighted by molar-refractivity contribution is 6.30. The first-order valence-corrected chi connectivity index (χ1v) is 12.7. The molecule has 186 valence electrons. The SMILES string of the molecule is O=C(COC(=O)/C(=C/c1ccccc1)c1ccc(Cl)cc1)NCC1(N2CCOCC2)CCCCC1. The third-order valence-electron chi connectivity index (χ3n) is 6.90. The van der Waals surface area contributed by atoms with Gasteiger partial charge in [-0.05, 0) is 42.2 Å². The number of hydrogen-bond donors (Lipinski definition) is 1. The fourth-order valence-corrected chi connectivity index (χ4v) is 5.11. The molecule has 6 nitrogen and oxygen atoms in total. The zero-order valence-electron chi connectivity index (χ0n) is 20.0. The molecule has 0 spiro atoms. The fourth-order valence-electron chi connectivity index (χ4n) is 4.98. The van der Waals surface area contributed by atoms with Crippen LogP contribution in [-0.2, 0) is 19.1 Å². The van der Waals surface area contributed by atoms with Gasteiger partial charge < -0.3 is 14.8 Å². The van der Waals surface area contributed by atoms with Crippen molar-refractivity contribution in [2.45, 2.75) is 37.6 Å². The standard InChI is InChI=1S/C28H33ClN2O4/c29-24-11-9-23(10-12-24)25(19-22-7-3-1-4-8-22)27(33)35-20-26(32)30-21-28(13-5-2-6-14-28)31-15-17-34-18-16-31/h1,3-4,7-12,19H,2,5-6,13-18,20-21H2,(H,30,32)/b25-19+. The van der Waals surface area contributed by atoms with E-state index >= 15 is 0 Å². The summed E-state index contributed by atoms with van der Waals surface area (Å²) in [6.07, 6.45) is 7.45. The first-order valence-electron chi connectivity index (χ1n) is 12.4. The smallest absolute Gasteiger partial charge is 0.339 e. The maximum atomic E-state index is 13.0. The molecule has 1 saturated carbocycles. The molecule has 2 aliphatic rings. The summed E-state index contributed by atoms with van der Waals surface area (Å²) in [7, 11) is 0. The van der Waals surface area contributed by atoms with Gasteiger partial charge >= 0.3 is 5.97 Å². The van der Waals surface area contributed by atoms with Gasteiger partial charge in [0.15, 0.2) is 6.61 Å². The van der Waals surface area contributed by atoms with Crippen molar-refractivity contribution in [1.82, 2.24) is 10.2 Å². The average Bonchev–Trinajstić information content (AvgIpc) is 2.91. The van der Waals surface area contributed by atoms with Gasteiger partial charge in [-0.25, -0.2) is 4.79 Å². The molecule has 4 rings (SSSR count). The molecular formula is C28H33ClN2O4. The lowest BCUT2D eigenvalue weighted by Gasteiger charge is -2.48. The summed E-state index contributed by atoms with van der Waals surface area (Å²) >= 11 is 6.03. The van der Waals surface area contributed by atoms with Crippen LogP contribution in [0, 0.1) is 0 Å². The Hall–Kier alpha value is -2.67. The monoisotopic (exact) mass is 496 g/mol. The molecule has 0 atom stereocenters. The van der Waals surface area contributed by atoms with Crippen LogP contribution in [0.4, 0.5) is 0 Å². The highest BCUT2D eigenvalue weighted by Gasteiger charge is 2.38. The second-order valence-corrected chi connectivity index (χ2v) is 9.65. The minimum atomic E-state index is -0.549. The molecule has 0 unspecified atom stereocenters. The van der Waals surface area contributed by atoms with Gasteiger partial charge in [0.25, 0.3) is 5.91 Å². The molecule has 2 aromatic rings. The summed E-state index contributed by atoms with van der Waals surface area (Å²) in [5.41, 5.74) is 1.88. The molecule has 7 heteroatoms. The Morgan fingerprint density at radius 2 is 1.69 bits per heavy atom. The number of morpholine rings is 1. The van der Waals surface area contributed by atoms with Gasteiger partial charge in [-0.15, -0.1) is 0 Å². The molecule has 1 aliphatic heterocycles. The number of hydrogen-bond acceptors (Lipinski definition) is 5. The predicted molar refractivity (Wildman–Crippen MR) is 138 cm³/mol. The quantitative estimate of drug-likeness (QED) is 0.329. The molecule has 1 amide bonds. The van der Waals surface area contributed by atoms with Gasteiger partial charge in [0.05, 0.1) is 18.8 Å². The van der Waals surface area contributed by atoms with E-state index in [1.807, 2.05) is 30.3 Å². The number of esters is 1. The van der Waals surface area contributed by atoms with Crippen molar-refractivity contribution in [2.75, 3.05) is 39.5 Å². The van der Waals surface area contributed by atoms with Crippen LogP contribution in [0.2, 0.25) is 5.02 Å². The van der Waals surface area contributed by atoms with Gasteiger partial charge in [-0.1, -0.05) is 73.3 Å². The molecule has 0 radical (unpaired) electrons. The molecule has 1 saturated heterocycles. The van der Waals surface area contributed by atoms with Crippen LogP contribution in [0.15, 0.2) is 54.6 Å². The Labute approximate surface area is 212 Å². The van der Waals surface area contributed by atoms with Gasteiger partial charge in [-0.3, -0.25) is 9.69 Å². The van der Waals surface area contributed by atoms with Crippen molar-refractivity contribution in [3.05, 3.63) is 70.7 Å². The van der Waals surface area contributed by atoms with E-state index in [9.17, 15) is 9.59 Å². The van der Waals surface area contributed by atoms with E-state index < -0.39 is 5.97 Å². The molecule has 35 heavy (non-hydrogen) atoms. The largest absolute Gasteiger partial charge is 0.452 e. The lowest BCUT2D eigenvalue weighted by atomic mass is 9.79. The van der Waals surface area contributed by atoms with Crippen molar-refractivity contribution < 1.29 is 19.1 Å². The number of nitrogens with zero attached hydrogens (tertiary/aromatic N) is 1. The molecule has 2 fully saturated rings. The van der Waals surface area contributed by atoms with Gasteiger partial charge in [0, 0.05) is 30.2 Å². The Morgan fingerprint density at radius 1 is 1.00 bits per heavy atom. The lowest BCUT2D eigenvalue weighted by molar-refractivity contribution is -0.143. The van der Waals surface area contributed by atoms with E-state index in [1.165, 1.54) is 6.42 Å². The number of halogens is 1. The minimum Gasteiger partial charge on any atom is -0.452 e. The van der Waals surface area contributed by atoms with Gasteiger partial charge in [-0.2, -0.15) is 0 Å². The molecule has 0 aromatic heterocycles. The third kappa shape index (κ3) is 6.94. The highest BCUT2D eigenvalue weighted by Crippen LogP contribution is 2.34. The number of amides is 1. The minimum absolute atomic E-state index is 0.0383. The van der Waals surface area contributed by atoms with Crippen molar-refractivity contribution in [3.8, 4) is 0 Å². The van der Waals surface area contributed by atoms with Crippen molar-refractivity contribution in [2.24, 2.45) is 0 Å². The Bertz CT molecular complexity index is 1010. The van der Waals surface area contributed by atoms with E-state index in [0.29, 0.717) is 22.7 Å². The molecule has 0 bridgehead atoms. The molecular weight excluding hydrogens is 464 g/mol. The zero-order valence-corrected chi connectivity index (χ0v) is 20.8. The second kappa shape index (κ2) is 12.3. The summed E-state index contributed by atoms with van der Waals surface area (Å²) in [6, 6.07) is 16.5. The zero-order chi connectivity index (χ0) is 24.5. The Morgan fingerprint density at radius 3 is 2.37 bits per heavy atom. The van der Waals surface area contributed by atoms with Crippen LogP contribution < -0.4 is 5.32 Å². The van der Waals surface area contributed by atoms with Crippen molar-refractivity contribution in [3.63, 3.8) is 0 Å². The van der Waals surface area contributed by atoms with Crippen LogP contribution in [-0.4, -0.2) is 61.8 Å². The van der Waals surface area contributed by atoms with Gasteiger partial charge in [0.1, 0.15) is 0 Å². The first-order chi connectivity index (χ1) is 17.1. The number of rotatable bonds is 8. The van der Waals surface area contributed by atoms with E-state index in [2.05, 4.69) is 10.2 Å². The Balaban J connectivity index is 1.39. The predicted octanol–water partition coefficient (Wildman–Crippen LogP) is 4.58. The van der Waals surface area contributed by atoms with Crippen molar-refractivity contribution in [1.29, 1.82) is 0 Å². The van der Waals surface area contributed by atoms with Crippen LogP contribution >= 0.6 is 11.6 Å². The van der Waals surface area contributed by atoms with Crippen LogP contribution in [0.25, 0.3) is 11.6 Å². The van der Waals surface area contributed by atoms with Crippen LogP contribution in [0.5, 0.6) is 0 Å². The summed E-state index contributed by atoms with van der Waals surface area (Å²) in [5, 5.41) is 3.63. The summed E-state index contributed by atoms with van der Waals surface area (Å²) in [4.78, 5) is 28.2. The summed E-state index contributed by atoms with van der Waals surface area (Å²) in [5.74, 6) is -0.835. The molecule has 1 N–H and O–H groups in total. The molecule has 1 heterocycles. The third-order valence-corrected chi connectivity index (χ3v) is 7.15. The first kappa shape index (κ1) is 25.4. The highest BCUT2D eigenvalue weighted by atomic mass is 35.5. The van der Waals surface area contributed by atoms with Crippen molar-refractivity contribution >= 4 is 35.1 Å². The number of carbonyl (C=O) groups excluding carboxylic acids is 2. The van der Waals surface area contributed by atoms with Crippen LogP contribution in [0.1, 0.15) is 43.2 Å².